The predicted octanol–water partition coefficient (Wildman–Crippen LogP) is 1.77. The molecule has 0 atom stereocenters. The van der Waals surface area contributed by atoms with Gasteiger partial charge < -0.3 is 4.79 Å². The SMILES string of the molecule is CC(C)N1CCN(CC2(C=O)CCCC2)CC1. The summed E-state index contributed by atoms with van der Waals surface area (Å²) in [6.45, 7) is 10.1. The molecule has 2 aliphatic rings. The van der Waals surface area contributed by atoms with Crippen molar-refractivity contribution in [3.05, 3.63) is 0 Å². The zero-order valence-corrected chi connectivity index (χ0v) is 11.3. The normalized spacial score (nSPS) is 26.5. The van der Waals surface area contributed by atoms with Crippen LogP contribution in [-0.4, -0.2) is 54.9 Å². The Bertz CT molecular complexity index is 251. The molecule has 0 unspecified atom stereocenters. The van der Waals surface area contributed by atoms with Crippen molar-refractivity contribution < 1.29 is 4.79 Å². The Balaban J connectivity index is 1.83. The first-order valence-electron chi connectivity index (χ1n) is 7.08. The van der Waals surface area contributed by atoms with Crippen LogP contribution in [0.5, 0.6) is 0 Å². The second-order valence-electron chi connectivity index (χ2n) is 6.09. The van der Waals surface area contributed by atoms with Crippen molar-refractivity contribution in [1.82, 2.24) is 9.80 Å². The first-order valence-corrected chi connectivity index (χ1v) is 7.08. The second-order valence-corrected chi connectivity index (χ2v) is 6.09. The summed E-state index contributed by atoms with van der Waals surface area (Å²) in [5.41, 5.74) is 0.000000709. The Hall–Kier alpha value is -0.410. The summed E-state index contributed by atoms with van der Waals surface area (Å²) in [5.74, 6) is 0. The van der Waals surface area contributed by atoms with Gasteiger partial charge in [0.25, 0.3) is 0 Å². The molecule has 0 aromatic rings. The van der Waals surface area contributed by atoms with Crippen molar-refractivity contribution in [2.75, 3.05) is 32.7 Å². The van der Waals surface area contributed by atoms with Gasteiger partial charge in [0.1, 0.15) is 6.29 Å². The molecule has 1 heterocycles. The summed E-state index contributed by atoms with van der Waals surface area (Å²) in [7, 11) is 0. The Labute approximate surface area is 105 Å². The molecule has 2 rings (SSSR count). The molecule has 3 heteroatoms. The molecule has 17 heavy (non-hydrogen) atoms. The number of rotatable bonds is 4. The summed E-state index contributed by atoms with van der Waals surface area (Å²) < 4.78 is 0. The molecule has 1 aliphatic heterocycles. The number of carbonyl (C=O) groups excluding carboxylic acids is 1. The van der Waals surface area contributed by atoms with Crippen LogP contribution in [0.3, 0.4) is 0 Å². The van der Waals surface area contributed by atoms with Gasteiger partial charge in [-0.1, -0.05) is 12.8 Å². The van der Waals surface area contributed by atoms with Crippen LogP contribution in [0.25, 0.3) is 0 Å². The van der Waals surface area contributed by atoms with E-state index in [-0.39, 0.29) is 5.41 Å². The number of carbonyl (C=O) groups is 1. The maximum atomic E-state index is 11.3. The van der Waals surface area contributed by atoms with E-state index in [0.717, 1.165) is 45.6 Å². The smallest absolute Gasteiger partial charge is 0.127 e. The van der Waals surface area contributed by atoms with Gasteiger partial charge >= 0.3 is 0 Å². The van der Waals surface area contributed by atoms with Crippen LogP contribution in [0.2, 0.25) is 0 Å². The first kappa shape index (κ1) is 13.0. The Morgan fingerprint density at radius 1 is 1.12 bits per heavy atom. The van der Waals surface area contributed by atoms with Crippen molar-refractivity contribution in [2.45, 2.75) is 45.6 Å². The highest BCUT2D eigenvalue weighted by atomic mass is 16.1. The largest absolute Gasteiger partial charge is 0.303 e. The van der Waals surface area contributed by atoms with E-state index in [1.165, 1.54) is 19.1 Å². The van der Waals surface area contributed by atoms with Crippen LogP contribution in [0.4, 0.5) is 0 Å². The van der Waals surface area contributed by atoms with Gasteiger partial charge in [-0.2, -0.15) is 0 Å². The fourth-order valence-corrected chi connectivity index (χ4v) is 3.28. The molecule has 0 amide bonds. The highest BCUT2D eigenvalue weighted by Gasteiger charge is 2.36. The van der Waals surface area contributed by atoms with Crippen LogP contribution >= 0.6 is 0 Å². The lowest BCUT2D eigenvalue weighted by molar-refractivity contribution is -0.117. The van der Waals surface area contributed by atoms with Gasteiger partial charge in [0.05, 0.1) is 0 Å². The topological polar surface area (TPSA) is 23.6 Å². The predicted molar refractivity (Wildman–Crippen MR) is 70.1 cm³/mol. The summed E-state index contributed by atoms with van der Waals surface area (Å²) in [6, 6.07) is 0.656. The lowest BCUT2D eigenvalue weighted by Gasteiger charge is -2.39. The van der Waals surface area contributed by atoms with E-state index < -0.39 is 0 Å². The molecule has 1 aliphatic carbocycles. The maximum absolute atomic E-state index is 11.3. The summed E-state index contributed by atoms with van der Waals surface area (Å²) in [5, 5.41) is 0. The van der Waals surface area contributed by atoms with Gasteiger partial charge in [-0.3, -0.25) is 9.80 Å². The average molecular weight is 238 g/mol. The molecule has 0 bridgehead atoms. The highest BCUT2D eigenvalue weighted by molar-refractivity contribution is 5.60. The van der Waals surface area contributed by atoms with Gasteiger partial charge in [-0.25, -0.2) is 0 Å². The standard InChI is InChI=1S/C14H26N2O/c1-13(2)16-9-7-15(8-10-16)11-14(12-17)5-3-4-6-14/h12-13H,3-11H2,1-2H3. The fourth-order valence-electron chi connectivity index (χ4n) is 3.28. The third-order valence-electron chi connectivity index (χ3n) is 4.53. The van der Waals surface area contributed by atoms with Crippen molar-refractivity contribution in [2.24, 2.45) is 5.41 Å². The van der Waals surface area contributed by atoms with Crippen LogP contribution in [0.1, 0.15) is 39.5 Å². The average Bonchev–Trinajstić information content (AvgIpc) is 2.79. The van der Waals surface area contributed by atoms with E-state index in [1.54, 1.807) is 0 Å². The van der Waals surface area contributed by atoms with E-state index in [1.807, 2.05) is 0 Å². The van der Waals surface area contributed by atoms with Crippen molar-refractivity contribution in [3.63, 3.8) is 0 Å². The van der Waals surface area contributed by atoms with E-state index in [4.69, 9.17) is 0 Å². The quantitative estimate of drug-likeness (QED) is 0.697. The number of nitrogens with zero attached hydrogens (tertiary/aromatic N) is 2. The zero-order chi connectivity index (χ0) is 12.3. The summed E-state index contributed by atoms with van der Waals surface area (Å²) >= 11 is 0. The van der Waals surface area contributed by atoms with Gasteiger partial charge in [0.2, 0.25) is 0 Å². The molecule has 98 valence electrons. The van der Waals surface area contributed by atoms with Crippen molar-refractivity contribution in [3.8, 4) is 0 Å². The van der Waals surface area contributed by atoms with Gasteiger partial charge in [0.15, 0.2) is 0 Å². The molecule has 3 nitrogen and oxygen atoms in total. The number of aldehydes is 1. The number of hydrogen-bond donors (Lipinski definition) is 0. The van der Waals surface area contributed by atoms with Crippen molar-refractivity contribution >= 4 is 6.29 Å². The Morgan fingerprint density at radius 2 is 1.71 bits per heavy atom. The first-order chi connectivity index (χ1) is 8.15. The molecule has 2 fully saturated rings. The highest BCUT2D eigenvalue weighted by Crippen LogP contribution is 2.37. The van der Waals surface area contributed by atoms with E-state index >= 15 is 0 Å². The molecular weight excluding hydrogens is 212 g/mol. The minimum atomic E-state index is 0.000000709. The molecule has 0 radical (unpaired) electrons. The number of piperazine rings is 1. The summed E-state index contributed by atoms with van der Waals surface area (Å²) in [4.78, 5) is 16.4. The lowest BCUT2D eigenvalue weighted by Crippen LogP contribution is -2.51. The van der Waals surface area contributed by atoms with E-state index in [9.17, 15) is 4.79 Å². The number of hydrogen-bond acceptors (Lipinski definition) is 3. The minimum absolute atomic E-state index is 0.000000709. The van der Waals surface area contributed by atoms with Gasteiger partial charge in [-0.05, 0) is 26.7 Å². The van der Waals surface area contributed by atoms with Crippen LogP contribution in [0.15, 0.2) is 0 Å². The molecule has 1 saturated heterocycles. The Morgan fingerprint density at radius 3 is 2.18 bits per heavy atom. The molecule has 0 spiro atoms. The zero-order valence-electron chi connectivity index (χ0n) is 11.3. The fraction of sp³-hybridized carbons (Fsp3) is 0.929. The molecule has 0 N–H and O–H groups in total. The van der Waals surface area contributed by atoms with E-state index in [2.05, 4.69) is 23.6 Å². The minimum Gasteiger partial charge on any atom is -0.303 e. The van der Waals surface area contributed by atoms with Crippen LogP contribution < -0.4 is 0 Å². The lowest BCUT2D eigenvalue weighted by atomic mass is 9.87. The van der Waals surface area contributed by atoms with Crippen LogP contribution in [-0.2, 0) is 4.79 Å². The molecular formula is C14H26N2O. The molecule has 0 aromatic heterocycles. The van der Waals surface area contributed by atoms with Crippen LogP contribution in [0, 0.1) is 5.41 Å². The van der Waals surface area contributed by atoms with Gasteiger partial charge in [0, 0.05) is 44.2 Å². The molecule has 1 saturated carbocycles. The maximum Gasteiger partial charge on any atom is 0.127 e. The monoisotopic (exact) mass is 238 g/mol. The van der Waals surface area contributed by atoms with Gasteiger partial charge in [-0.15, -0.1) is 0 Å². The van der Waals surface area contributed by atoms with E-state index in [0.29, 0.717) is 6.04 Å². The second kappa shape index (κ2) is 5.49. The van der Waals surface area contributed by atoms with Crippen molar-refractivity contribution in [1.29, 1.82) is 0 Å². The summed E-state index contributed by atoms with van der Waals surface area (Å²) in [6.07, 6.45) is 5.95. The third kappa shape index (κ3) is 3.08. The third-order valence-corrected chi connectivity index (χ3v) is 4.53. The molecule has 0 aromatic carbocycles. The Kier molecular flexibility index (Phi) is 4.21.